The van der Waals surface area contributed by atoms with Crippen LogP contribution in [0.4, 0.5) is 26.3 Å². The van der Waals surface area contributed by atoms with Gasteiger partial charge in [-0.3, -0.25) is 0 Å². The number of benzene rings is 1. The zero-order valence-corrected chi connectivity index (χ0v) is 15.4. The van der Waals surface area contributed by atoms with Gasteiger partial charge in [-0.05, 0) is 30.2 Å². The quantitative estimate of drug-likeness (QED) is 0.305. The van der Waals surface area contributed by atoms with Crippen LogP contribution in [0, 0.1) is 24.8 Å². The molecular formula is C20H10F6N2S. The normalized spacial score (nSPS) is 19.7. The van der Waals surface area contributed by atoms with E-state index >= 15 is 0 Å². The Kier molecular flexibility index (Phi) is 4.84. The van der Waals surface area contributed by atoms with Crippen molar-refractivity contribution >= 4 is 16.9 Å². The SMILES string of the molecule is [C-]#[N+]C(C#N)=CC1=C(c2cc(-c3ccccc3)sc2C)C(F)(F)C(F)(F)C1(F)F. The first kappa shape index (κ1) is 20.7. The highest BCUT2D eigenvalue weighted by Gasteiger charge is 2.79. The van der Waals surface area contributed by atoms with Gasteiger partial charge >= 0.3 is 17.8 Å². The Morgan fingerprint density at radius 3 is 2.28 bits per heavy atom. The number of hydrogen-bond acceptors (Lipinski definition) is 2. The van der Waals surface area contributed by atoms with Gasteiger partial charge in [-0.2, -0.15) is 26.3 Å². The van der Waals surface area contributed by atoms with E-state index in [1.165, 1.54) is 13.0 Å². The van der Waals surface area contributed by atoms with Crippen LogP contribution in [0.1, 0.15) is 10.4 Å². The van der Waals surface area contributed by atoms with Crippen LogP contribution in [0.2, 0.25) is 0 Å². The minimum absolute atomic E-state index is 0.121. The summed E-state index contributed by atoms with van der Waals surface area (Å²) in [4.78, 5) is 3.18. The molecule has 2 nitrogen and oxygen atoms in total. The van der Waals surface area contributed by atoms with Gasteiger partial charge in [-0.25, -0.2) is 10.1 Å². The zero-order valence-electron chi connectivity index (χ0n) is 14.6. The number of rotatable bonds is 3. The largest absolute Gasteiger partial charge is 0.380 e. The van der Waals surface area contributed by atoms with E-state index in [9.17, 15) is 26.3 Å². The van der Waals surface area contributed by atoms with E-state index in [-0.39, 0.29) is 11.0 Å². The van der Waals surface area contributed by atoms with E-state index < -0.39 is 40.2 Å². The Morgan fingerprint density at radius 1 is 1.10 bits per heavy atom. The second kappa shape index (κ2) is 6.78. The molecule has 3 rings (SSSR count). The summed E-state index contributed by atoms with van der Waals surface area (Å²) in [6.45, 7) is 8.13. The van der Waals surface area contributed by atoms with Gasteiger partial charge in [0.25, 0.3) is 5.70 Å². The molecule has 0 N–H and O–H groups in total. The molecule has 0 unspecified atom stereocenters. The molecule has 1 aromatic carbocycles. The summed E-state index contributed by atoms with van der Waals surface area (Å²) in [5, 5.41) is 8.81. The van der Waals surface area contributed by atoms with Crippen molar-refractivity contribution in [2.75, 3.05) is 0 Å². The van der Waals surface area contributed by atoms with Crippen LogP contribution in [0.15, 0.2) is 53.7 Å². The van der Waals surface area contributed by atoms with Gasteiger partial charge in [0.15, 0.2) is 0 Å². The predicted molar refractivity (Wildman–Crippen MR) is 96.6 cm³/mol. The number of nitriles is 1. The molecule has 1 aromatic heterocycles. The topological polar surface area (TPSA) is 28.1 Å². The fourth-order valence-electron chi connectivity index (χ4n) is 3.03. The van der Waals surface area contributed by atoms with Crippen LogP contribution in [-0.4, -0.2) is 17.8 Å². The molecule has 0 spiro atoms. The Morgan fingerprint density at radius 2 is 1.72 bits per heavy atom. The first-order valence-electron chi connectivity index (χ1n) is 8.03. The number of halogens is 6. The summed E-state index contributed by atoms with van der Waals surface area (Å²) in [5.74, 6) is -16.2. The number of alkyl halides is 6. The fraction of sp³-hybridized carbons (Fsp3) is 0.200. The highest BCUT2D eigenvalue weighted by Crippen LogP contribution is 2.63. The molecule has 29 heavy (non-hydrogen) atoms. The van der Waals surface area contributed by atoms with Crippen LogP contribution >= 0.6 is 11.3 Å². The van der Waals surface area contributed by atoms with E-state index in [0.717, 1.165) is 17.4 Å². The van der Waals surface area contributed by atoms with E-state index in [2.05, 4.69) is 4.85 Å². The molecule has 0 amide bonds. The van der Waals surface area contributed by atoms with Gasteiger partial charge in [0.2, 0.25) is 0 Å². The number of nitrogens with zero attached hydrogens (tertiary/aromatic N) is 2. The van der Waals surface area contributed by atoms with Crippen molar-refractivity contribution in [1.82, 2.24) is 0 Å². The van der Waals surface area contributed by atoms with Crippen molar-refractivity contribution < 1.29 is 26.3 Å². The number of hydrogen-bond donors (Lipinski definition) is 0. The van der Waals surface area contributed by atoms with Gasteiger partial charge < -0.3 is 0 Å². The average Bonchev–Trinajstić information content (AvgIpc) is 3.09. The lowest BCUT2D eigenvalue weighted by Crippen LogP contribution is -2.49. The van der Waals surface area contributed by atoms with Crippen molar-refractivity contribution in [2.24, 2.45) is 0 Å². The van der Waals surface area contributed by atoms with E-state index in [1.807, 2.05) is 0 Å². The van der Waals surface area contributed by atoms with Crippen molar-refractivity contribution in [3.63, 3.8) is 0 Å². The smallest absolute Gasteiger partial charge is 0.227 e. The number of thiophene rings is 1. The molecule has 0 fully saturated rings. The molecular weight excluding hydrogens is 414 g/mol. The third kappa shape index (κ3) is 2.93. The molecule has 1 heterocycles. The summed E-state index contributed by atoms with van der Waals surface area (Å²) in [6.07, 6.45) is 0.121. The first-order chi connectivity index (χ1) is 13.5. The third-order valence-corrected chi connectivity index (χ3v) is 5.57. The van der Waals surface area contributed by atoms with Gasteiger partial charge in [0.05, 0.1) is 12.6 Å². The van der Waals surface area contributed by atoms with Crippen LogP contribution in [0.5, 0.6) is 0 Å². The second-order valence-electron chi connectivity index (χ2n) is 6.21. The van der Waals surface area contributed by atoms with Crippen molar-refractivity contribution in [3.05, 3.63) is 75.6 Å². The van der Waals surface area contributed by atoms with Gasteiger partial charge in [-0.1, -0.05) is 30.3 Å². The Balaban J connectivity index is 2.34. The number of aryl methyl sites for hydroxylation is 1. The average molecular weight is 424 g/mol. The Labute approximate surface area is 165 Å². The summed E-state index contributed by atoms with van der Waals surface area (Å²) < 4.78 is 86.1. The van der Waals surface area contributed by atoms with Gasteiger partial charge in [0, 0.05) is 20.9 Å². The maximum Gasteiger partial charge on any atom is 0.380 e. The minimum Gasteiger partial charge on any atom is -0.227 e. The van der Waals surface area contributed by atoms with Crippen molar-refractivity contribution in [1.29, 1.82) is 5.26 Å². The molecule has 1 aliphatic rings. The molecule has 148 valence electrons. The van der Waals surface area contributed by atoms with Gasteiger partial charge in [-0.15, -0.1) is 11.3 Å². The summed E-state index contributed by atoms with van der Waals surface area (Å²) >= 11 is 0.984. The first-order valence-corrected chi connectivity index (χ1v) is 8.84. The van der Waals surface area contributed by atoms with E-state index in [0.29, 0.717) is 10.4 Å². The third-order valence-electron chi connectivity index (χ3n) is 4.47. The number of allylic oxidation sites excluding steroid dienone is 4. The van der Waals surface area contributed by atoms with Crippen molar-refractivity contribution in [3.8, 4) is 16.5 Å². The summed E-state index contributed by atoms with van der Waals surface area (Å²) in [7, 11) is 0. The second-order valence-corrected chi connectivity index (χ2v) is 7.47. The summed E-state index contributed by atoms with van der Waals surface area (Å²) in [6, 6.07) is 10.8. The Hall–Kier alpha value is -3.04. The monoisotopic (exact) mass is 424 g/mol. The summed E-state index contributed by atoms with van der Waals surface area (Å²) in [5.41, 5.74) is -4.16. The highest BCUT2D eigenvalue weighted by molar-refractivity contribution is 7.15. The van der Waals surface area contributed by atoms with Crippen LogP contribution < -0.4 is 0 Å². The molecule has 2 aromatic rings. The maximum absolute atomic E-state index is 14.6. The Bertz CT molecular complexity index is 1100. The molecule has 0 saturated heterocycles. The maximum atomic E-state index is 14.6. The standard InChI is InChI=1S/C20H10F6N2S/c1-11-14(9-16(29-11)12-6-4-3-5-7-12)17-15(8-13(10-27)28-2)18(21,22)20(25,26)19(17,23)24/h3-9H,1H3. The molecule has 9 heteroatoms. The molecule has 1 aliphatic carbocycles. The van der Waals surface area contributed by atoms with Gasteiger partial charge in [0.1, 0.15) is 0 Å². The lowest BCUT2D eigenvalue weighted by Gasteiger charge is -2.25. The minimum atomic E-state index is -5.72. The molecule has 0 saturated carbocycles. The lowest BCUT2D eigenvalue weighted by molar-refractivity contribution is -0.259. The molecule has 0 bridgehead atoms. The molecule has 0 atom stereocenters. The highest BCUT2D eigenvalue weighted by atomic mass is 32.1. The lowest BCUT2D eigenvalue weighted by atomic mass is 9.98. The molecule has 0 aliphatic heterocycles. The van der Waals surface area contributed by atoms with Crippen molar-refractivity contribution in [2.45, 2.75) is 24.7 Å². The molecule has 0 radical (unpaired) electrons. The van der Waals surface area contributed by atoms with E-state index in [1.54, 1.807) is 30.3 Å². The predicted octanol–water partition coefficient (Wildman–Crippen LogP) is 6.72. The van der Waals surface area contributed by atoms with Crippen LogP contribution in [0.3, 0.4) is 0 Å². The zero-order chi connectivity index (χ0) is 21.6. The fourth-order valence-corrected chi connectivity index (χ4v) is 4.06. The van der Waals surface area contributed by atoms with Crippen LogP contribution in [0.25, 0.3) is 20.9 Å². The van der Waals surface area contributed by atoms with Crippen LogP contribution in [-0.2, 0) is 0 Å². The van der Waals surface area contributed by atoms with E-state index in [4.69, 9.17) is 11.8 Å².